The number of rotatable bonds is 5. The summed E-state index contributed by atoms with van der Waals surface area (Å²) in [5, 5.41) is 16.3. The lowest BCUT2D eigenvalue weighted by molar-refractivity contribution is 0.0474. The van der Waals surface area contributed by atoms with Crippen LogP contribution in [-0.4, -0.2) is 46.6 Å². The topological polar surface area (TPSA) is 65.5 Å². The minimum absolute atomic E-state index is 0.0126. The first-order valence-electron chi connectivity index (χ1n) is 8.35. The number of aliphatic hydroxyl groups is 1. The van der Waals surface area contributed by atoms with E-state index in [1.165, 1.54) is 0 Å². The van der Waals surface area contributed by atoms with Crippen LogP contribution < -0.4 is 5.32 Å². The van der Waals surface area contributed by atoms with Crippen LogP contribution in [0.5, 0.6) is 0 Å². The highest BCUT2D eigenvalue weighted by Crippen LogP contribution is 2.20. The van der Waals surface area contributed by atoms with Crippen molar-refractivity contribution in [3.63, 3.8) is 0 Å². The molecule has 6 heteroatoms. The van der Waals surface area contributed by atoms with Crippen LogP contribution in [0.4, 0.5) is 5.69 Å². The Bertz CT molecular complexity index is 701. The highest BCUT2D eigenvalue weighted by Gasteiger charge is 2.24. The third kappa shape index (κ3) is 4.13. The van der Waals surface area contributed by atoms with Crippen molar-refractivity contribution in [2.75, 3.05) is 25.0 Å². The summed E-state index contributed by atoms with van der Waals surface area (Å²) in [4.78, 5) is 19.0. The summed E-state index contributed by atoms with van der Waals surface area (Å²) in [6, 6.07) is 7.58. The van der Waals surface area contributed by atoms with E-state index in [0.29, 0.717) is 18.7 Å². The molecule has 0 aliphatic carbocycles. The van der Waals surface area contributed by atoms with Crippen LogP contribution in [0.25, 0.3) is 0 Å². The van der Waals surface area contributed by atoms with Crippen LogP contribution in [0.1, 0.15) is 33.9 Å². The highest BCUT2D eigenvalue weighted by atomic mass is 32.1. The summed E-state index contributed by atoms with van der Waals surface area (Å²) in [6.45, 7) is 3.87. The number of likely N-dealkylation sites (tertiary alicyclic amines) is 1. The summed E-state index contributed by atoms with van der Waals surface area (Å²) in [7, 11) is 0. The Labute approximate surface area is 146 Å². The lowest BCUT2D eigenvalue weighted by Gasteiger charge is -2.30. The zero-order valence-electron chi connectivity index (χ0n) is 13.9. The average molecular weight is 345 g/mol. The van der Waals surface area contributed by atoms with Gasteiger partial charge in [0.05, 0.1) is 22.4 Å². The molecule has 1 aromatic heterocycles. The lowest BCUT2D eigenvalue weighted by Crippen LogP contribution is -2.42. The number of aromatic nitrogens is 1. The van der Waals surface area contributed by atoms with Crippen LogP contribution in [0.3, 0.4) is 0 Å². The van der Waals surface area contributed by atoms with Crippen molar-refractivity contribution < 1.29 is 9.90 Å². The fraction of sp³-hybridized carbons (Fsp3) is 0.444. The van der Waals surface area contributed by atoms with Gasteiger partial charge in [-0.2, -0.15) is 0 Å². The molecule has 1 aromatic carbocycles. The Morgan fingerprint density at radius 3 is 3.04 bits per heavy atom. The van der Waals surface area contributed by atoms with E-state index in [-0.39, 0.29) is 5.91 Å². The number of piperidine rings is 1. The number of β-amino-alcohol motifs (C(OH)–C–C–N with tert-alkyl or cyclic N) is 1. The van der Waals surface area contributed by atoms with Crippen molar-refractivity contribution in [2.24, 2.45) is 0 Å². The molecule has 2 N–H and O–H groups in total. The maximum atomic E-state index is 12.8. The van der Waals surface area contributed by atoms with Gasteiger partial charge < -0.3 is 15.3 Å². The Balaban J connectivity index is 1.64. The molecule has 24 heavy (non-hydrogen) atoms. The Kier molecular flexibility index (Phi) is 5.48. The van der Waals surface area contributed by atoms with Crippen molar-refractivity contribution in [2.45, 2.75) is 32.3 Å². The van der Waals surface area contributed by atoms with Gasteiger partial charge in [-0.05, 0) is 31.9 Å². The van der Waals surface area contributed by atoms with Gasteiger partial charge in [-0.1, -0.05) is 12.1 Å². The standard InChI is InChI=1S/C18H23N3O2S/c1-13-20-14(12-24-13)8-9-19-17-7-3-2-6-16(17)18(23)21-10-4-5-15(22)11-21/h2-3,6-7,12,15,19,22H,4-5,8-11H2,1H3/t15-/m0/s1. The molecule has 0 bridgehead atoms. The zero-order chi connectivity index (χ0) is 16.9. The van der Waals surface area contributed by atoms with Gasteiger partial charge in [0, 0.05) is 37.1 Å². The molecular formula is C18H23N3O2S. The number of carbonyl (C=O) groups excluding carboxylic acids is 1. The fourth-order valence-electron chi connectivity index (χ4n) is 2.98. The van der Waals surface area contributed by atoms with E-state index in [4.69, 9.17) is 0 Å². The second-order valence-electron chi connectivity index (χ2n) is 6.13. The molecule has 1 atom stereocenters. The number of hydrogen-bond acceptors (Lipinski definition) is 5. The predicted octanol–water partition coefficient (Wildman–Crippen LogP) is 2.70. The second kappa shape index (κ2) is 7.77. The van der Waals surface area contributed by atoms with Crippen molar-refractivity contribution in [3.8, 4) is 0 Å². The molecule has 0 radical (unpaired) electrons. The van der Waals surface area contributed by atoms with E-state index in [0.717, 1.165) is 42.2 Å². The number of carbonyl (C=O) groups is 1. The molecular weight excluding hydrogens is 322 g/mol. The van der Waals surface area contributed by atoms with Crippen LogP contribution in [0.2, 0.25) is 0 Å². The first-order valence-corrected chi connectivity index (χ1v) is 9.22. The Hall–Kier alpha value is -1.92. The van der Waals surface area contributed by atoms with Gasteiger partial charge in [0.2, 0.25) is 0 Å². The third-order valence-electron chi connectivity index (χ3n) is 4.20. The molecule has 1 fully saturated rings. The number of aliphatic hydroxyl groups excluding tert-OH is 1. The summed E-state index contributed by atoms with van der Waals surface area (Å²) >= 11 is 1.65. The van der Waals surface area contributed by atoms with Crippen LogP contribution in [0, 0.1) is 6.92 Å². The normalized spacial score (nSPS) is 17.8. The number of hydrogen-bond donors (Lipinski definition) is 2. The minimum atomic E-state index is -0.407. The minimum Gasteiger partial charge on any atom is -0.391 e. The number of nitrogens with zero attached hydrogens (tertiary/aromatic N) is 2. The number of aryl methyl sites for hydroxylation is 1. The van der Waals surface area contributed by atoms with Gasteiger partial charge in [0.25, 0.3) is 5.91 Å². The van der Waals surface area contributed by atoms with Gasteiger partial charge in [-0.15, -0.1) is 11.3 Å². The molecule has 2 aromatic rings. The van der Waals surface area contributed by atoms with Crippen molar-refractivity contribution >= 4 is 22.9 Å². The maximum absolute atomic E-state index is 12.8. The second-order valence-corrected chi connectivity index (χ2v) is 7.19. The van der Waals surface area contributed by atoms with E-state index >= 15 is 0 Å². The van der Waals surface area contributed by atoms with Crippen LogP contribution in [-0.2, 0) is 6.42 Å². The molecule has 3 rings (SSSR count). The first kappa shape index (κ1) is 16.9. The molecule has 1 aliphatic heterocycles. The van der Waals surface area contributed by atoms with Gasteiger partial charge in [-0.25, -0.2) is 4.98 Å². The monoisotopic (exact) mass is 345 g/mol. The summed E-state index contributed by atoms with van der Waals surface area (Å²) in [5.41, 5.74) is 2.59. The third-order valence-corrected chi connectivity index (χ3v) is 5.03. The number of benzene rings is 1. The van der Waals surface area contributed by atoms with Gasteiger partial charge in [-0.3, -0.25) is 4.79 Å². The SMILES string of the molecule is Cc1nc(CCNc2ccccc2C(=O)N2CCC[C@H](O)C2)cs1. The van der Waals surface area contributed by atoms with Crippen molar-refractivity contribution in [1.82, 2.24) is 9.88 Å². The van der Waals surface area contributed by atoms with Gasteiger partial charge in [0.1, 0.15) is 0 Å². The van der Waals surface area contributed by atoms with Gasteiger partial charge in [0.15, 0.2) is 0 Å². The number of anilines is 1. The molecule has 1 aliphatic rings. The highest BCUT2D eigenvalue weighted by molar-refractivity contribution is 7.09. The van der Waals surface area contributed by atoms with Crippen LogP contribution in [0.15, 0.2) is 29.6 Å². The maximum Gasteiger partial charge on any atom is 0.256 e. The van der Waals surface area contributed by atoms with E-state index in [9.17, 15) is 9.90 Å². The summed E-state index contributed by atoms with van der Waals surface area (Å²) < 4.78 is 0. The van der Waals surface area contributed by atoms with Crippen molar-refractivity contribution in [3.05, 3.63) is 45.9 Å². The van der Waals surface area contributed by atoms with E-state index in [1.54, 1.807) is 16.2 Å². The molecule has 1 amide bonds. The largest absolute Gasteiger partial charge is 0.391 e. The molecule has 2 heterocycles. The molecule has 1 saturated heterocycles. The molecule has 0 saturated carbocycles. The molecule has 128 valence electrons. The van der Waals surface area contributed by atoms with E-state index in [2.05, 4.69) is 15.7 Å². The molecule has 0 spiro atoms. The molecule has 0 unspecified atom stereocenters. The van der Waals surface area contributed by atoms with E-state index in [1.807, 2.05) is 31.2 Å². The smallest absolute Gasteiger partial charge is 0.256 e. The molecule has 5 nitrogen and oxygen atoms in total. The van der Waals surface area contributed by atoms with Crippen LogP contribution >= 0.6 is 11.3 Å². The number of amides is 1. The quantitative estimate of drug-likeness (QED) is 0.874. The predicted molar refractivity (Wildman–Crippen MR) is 96.6 cm³/mol. The van der Waals surface area contributed by atoms with Crippen molar-refractivity contribution in [1.29, 1.82) is 0 Å². The Morgan fingerprint density at radius 1 is 1.46 bits per heavy atom. The first-order chi connectivity index (χ1) is 11.6. The fourth-order valence-corrected chi connectivity index (χ4v) is 3.63. The average Bonchev–Trinajstić information content (AvgIpc) is 3.00. The van der Waals surface area contributed by atoms with E-state index < -0.39 is 6.10 Å². The summed E-state index contributed by atoms with van der Waals surface area (Å²) in [6.07, 6.45) is 2.05. The number of thiazole rings is 1. The zero-order valence-corrected chi connectivity index (χ0v) is 14.7. The Morgan fingerprint density at radius 2 is 2.29 bits per heavy atom. The number of para-hydroxylation sites is 1. The summed E-state index contributed by atoms with van der Waals surface area (Å²) in [5.74, 6) is -0.0126. The number of nitrogens with one attached hydrogen (secondary N) is 1. The lowest BCUT2D eigenvalue weighted by atomic mass is 10.1. The van der Waals surface area contributed by atoms with Gasteiger partial charge >= 0.3 is 0 Å².